The number of hydrogen-bond donors (Lipinski definition) is 2. The molecule has 2 N–H and O–H groups in total. The van der Waals surface area contributed by atoms with Crippen LogP contribution in [0.3, 0.4) is 0 Å². The standard InChI is InChI=1S/C22H25Cl2N3O4/c1-4-27(13-21(29)26-19-11-16(23)7-10-18(19)24)12-20(28)25-17-8-5-15(6-9-17)22(30)31-14(2)3/h5-11,14H,4,12-13H2,1-3H3,(H,25,28)(H,26,29). The van der Waals surface area contributed by atoms with E-state index in [-0.39, 0.29) is 31.0 Å². The molecule has 0 radical (unpaired) electrons. The molecule has 9 heteroatoms. The molecule has 0 bridgehead atoms. The van der Waals surface area contributed by atoms with Gasteiger partial charge in [-0.05, 0) is 62.9 Å². The van der Waals surface area contributed by atoms with Crippen molar-refractivity contribution in [2.45, 2.75) is 26.9 Å². The number of amides is 2. The van der Waals surface area contributed by atoms with Gasteiger partial charge in [-0.1, -0.05) is 30.1 Å². The van der Waals surface area contributed by atoms with E-state index in [0.717, 1.165) is 0 Å². The average Bonchev–Trinajstić information content (AvgIpc) is 2.70. The molecule has 2 aromatic rings. The van der Waals surface area contributed by atoms with Gasteiger partial charge < -0.3 is 15.4 Å². The van der Waals surface area contributed by atoms with Crippen molar-refractivity contribution in [3.8, 4) is 0 Å². The van der Waals surface area contributed by atoms with E-state index < -0.39 is 5.97 Å². The van der Waals surface area contributed by atoms with E-state index in [1.54, 1.807) is 61.2 Å². The normalized spacial score (nSPS) is 10.8. The minimum atomic E-state index is -0.421. The van der Waals surface area contributed by atoms with Crippen LogP contribution in [-0.4, -0.2) is 48.4 Å². The molecule has 0 aliphatic heterocycles. The molecule has 0 saturated heterocycles. The van der Waals surface area contributed by atoms with Gasteiger partial charge in [0.1, 0.15) is 0 Å². The molecule has 0 fully saturated rings. The molecule has 0 unspecified atom stereocenters. The molecule has 0 heterocycles. The van der Waals surface area contributed by atoms with Crippen LogP contribution in [0.15, 0.2) is 42.5 Å². The molecule has 2 rings (SSSR count). The van der Waals surface area contributed by atoms with Gasteiger partial charge in [-0.3, -0.25) is 14.5 Å². The first-order chi connectivity index (χ1) is 14.7. The van der Waals surface area contributed by atoms with Gasteiger partial charge in [-0.25, -0.2) is 4.79 Å². The first-order valence-electron chi connectivity index (χ1n) is 9.76. The summed E-state index contributed by atoms with van der Waals surface area (Å²) in [6.07, 6.45) is -0.209. The second kappa shape index (κ2) is 11.7. The molecule has 0 saturated carbocycles. The van der Waals surface area contributed by atoms with E-state index >= 15 is 0 Å². The second-order valence-corrected chi connectivity index (χ2v) is 7.90. The first kappa shape index (κ1) is 24.7. The zero-order valence-electron chi connectivity index (χ0n) is 17.6. The van der Waals surface area contributed by atoms with Gasteiger partial charge >= 0.3 is 5.97 Å². The number of carbonyl (C=O) groups excluding carboxylic acids is 3. The van der Waals surface area contributed by atoms with Gasteiger partial charge in [0.25, 0.3) is 0 Å². The van der Waals surface area contributed by atoms with Gasteiger partial charge in [0.05, 0.1) is 35.5 Å². The van der Waals surface area contributed by atoms with Crippen LogP contribution >= 0.6 is 23.2 Å². The highest BCUT2D eigenvalue weighted by atomic mass is 35.5. The highest BCUT2D eigenvalue weighted by Gasteiger charge is 2.15. The second-order valence-electron chi connectivity index (χ2n) is 7.06. The smallest absolute Gasteiger partial charge is 0.338 e. The van der Waals surface area contributed by atoms with E-state index in [2.05, 4.69) is 10.6 Å². The Labute approximate surface area is 191 Å². The highest BCUT2D eigenvalue weighted by Crippen LogP contribution is 2.25. The molecule has 0 spiro atoms. The van der Waals surface area contributed by atoms with Crippen molar-refractivity contribution >= 4 is 52.4 Å². The first-order valence-corrected chi connectivity index (χ1v) is 10.5. The maximum Gasteiger partial charge on any atom is 0.338 e. The summed E-state index contributed by atoms with van der Waals surface area (Å²) in [5.74, 6) is -1.02. The Bertz CT molecular complexity index is 933. The number of halogens is 2. The van der Waals surface area contributed by atoms with Gasteiger partial charge in [0.2, 0.25) is 11.8 Å². The summed E-state index contributed by atoms with van der Waals surface area (Å²) in [6, 6.07) is 11.2. The molecule has 2 amide bonds. The lowest BCUT2D eigenvalue weighted by Crippen LogP contribution is -2.38. The molecule has 31 heavy (non-hydrogen) atoms. The summed E-state index contributed by atoms with van der Waals surface area (Å²) in [5, 5.41) is 6.27. The molecule has 2 aromatic carbocycles. The summed E-state index contributed by atoms with van der Waals surface area (Å²) < 4.78 is 5.13. The Morgan fingerprint density at radius 2 is 1.58 bits per heavy atom. The Hall–Kier alpha value is -2.61. The number of rotatable bonds is 9. The van der Waals surface area contributed by atoms with Gasteiger partial charge in [-0.15, -0.1) is 0 Å². The fraction of sp³-hybridized carbons (Fsp3) is 0.318. The maximum absolute atomic E-state index is 12.4. The zero-order valence-corrected chi connectivity index (χ0v) is 19.1. The van der Waals surface area contributed by atoms with Crippen molar-refractivity contribution in [1.29, 1.82) is 0 Å². The fourth-order valence-corrected chi connectivity index (χ4v) is 2.98. The lowest BCUT2D eigenvalue weighted by Gasteiger charge is -2.19. The molecule has 0 atom stereocenters. The average molecular weight is 466 g/mol. The zero-order chi connectivity index (χ0) is 23.0. The van der Waals surface area contributed by atoms with Crippen molar-refractivity contribution in [3.05, 3.63) is 58.1 Å². The number of hydrogen-bond acceptors (Lipinski definition) is 5. The van der Waals surface area contributed by atoms with Gasteiger partial charge in [0, 0.05) is 10.7 Å². The summed E-state index contributed by atoms with van der Waals surface area (Å²) in [4.78, 5) is 38.3. The van der Waals surface area contributed by atoms with Gasteiger partial charge in [0.15, 0.2) is 0 Å². The Kier molecular flexibility index (Phi) is 9.30. The molecule has 166 valence electrons. The predicted molar refractivity (Wildman–Crippen MR) is 123 cm³/mol. The van der Waals surface area contributed by atoms with Crippen LogP contribution < -0.4 is 10.6 Å². The molecule has 0 aliphatic carbocycles. The molecular weight excluding hydrogens is 441 g/mol. The third-order valence-electron chi connectivity index (χ3n) is 4.13. The van der Waals surface area contributed by atoms with E-state index in [1.165, 1.54) is 0 Å². The SMILES string of the molecule is CCN(CC(=O)Nc1ccc(C(=O)OC(C)C)cc1)CC(=O)Nc1cc(Cl)ccc1Cl. The molecule has 0 aromatic heterocycles. The third kappa shape index (κ3) is 8.20. The van der Waals surface area contributed by atoms with Crippen LogP contribution in [0.4, 0.5) is 11.4 Å². The van der Waals surface area contributed by atoms with Crippen molar-refractivity contribution in [2.24, 2.45) is 0 Å². The van der Waals surface area contributed by atoms with Crippen LogP contribution in [0.25, 0.3) is 0 Å². The highest BCUT2D eigenvalue weighted by molar-refractivity contribution is 6.35. The quantitative estimate of drug-likeness (QED) is 0.533. The number of esters is 1. The number of benzene rings is 2. The number of anilines is 2. The lowest BCUT2D eigenvalue weighted by molar-refractivity contribution is -0.119. The van der Waals surface area contributed by atoms with Crippen molar-refractivity contribution < 1.29 is 19.1 Å². The summed E-state index contributed by atoms with van der Waals surface area (Å²) >= 11 is 12.0. The Morgan fingerprint density at radius 1 is 0.968 bits per heavy atom. The number of nitrogens with zero attached hydrogens (tertiary/aromatic N) is 1. The summed E-state index contributed by atoms with van der Waals surface area (Å²) in [6.45, 7) is 5.91. The van der Waals surface area contributed by atoms with E-state index in [0.29, 0.717) is 33.5 Å². The minimum absolute atomic E-state index is 0.00669. The maximum atomic E-state index is 12.4. The topological polar surface area (TPSA) is 87.7 Å². The Morgan fingerprint density at radius 3 is 2.16 bits per heavy atom. The number of carbonyl (C=O) groups is 3. The van der Waals surface area contributed by atoms with Crippen LogP contribution in [0.1, 0.15) is 31.1 Å². The summed E-state index contributed by atoms with van der Waals surface area (Å²) in [5.41, 5.74) is 1.35. The van der Waals surface area contributed by atoms with Crippen molar-refractivity contribution in [3.63, 3.8) is 0 Å². The number of nitrogens with one attached hydrogen (secondary N) is 2. The Balaban J connectivity index is 1.88. The molecular formula is C22H25Cl2N3O4. The fourth-order valence-electron chi connectivity index (χ4n) is 2.64. The van der Waals surface area contributed by atoms with E-state index in [1.807, 2.05) is 6.92 Å². The van der Waals surface area contributed by atoms with E-state index in [4.69, 9.17) is 27.9 Å². The van der Waals surface area contributed by atoms with Crippen LogP contribution in [0, 0.1) is 0 Å². The summed E-state index contributed by atoms with van der Waals surface area (Å²) in [7, 11) is 0. The van der Waals surface area contributed by atoms with Crippen LogP contribution in [-0.2, 0) is 14.3 Å². The number of ether oxygens (including phenoxy) is 1. The van der Waals surface area contributed by atoms with Crippen molar-refractivity contribution in [2.75, 3.05) is 30.3 Å². The minimum Gasteiger partial charge on any atom is -0.459 e. The van der Waals surface area contributed by atoms with Gasteiger partial charge in [-0.2, -0.15) is 0 Å². The number of likely N-dealkylation sites (N-methyl/N-ethyl adjacent to an activating group) is 1. The largest absolute Gasteiger partial charge is 0.459 e. The van der Waals surface area contributed by atoms with Crippen LogP contribution in [0.2, 0.25) is 10.0 Å². The predicted octanol–water partition coefficient (Wildman–Crippen LogP) is 4.46. The third-order valence-corrected chi connectivity index (χ3v) is 4.70. The van der Waals surface area contributed by atoms with Crippen molar-refractivity contribution in [1.82, 2.24) is 4.90 Å². The van der Waals surface area contributed by atoms with Crippen LogP contribution in [0.5, 0.6) is 0 Å². The monoisotopic (exact) mass is 465 g/mol. The molecule has 0 aliphatic rings. The van der Waals surface area contributed by atoms with E-state index in [9.17, 15) is 14.4 Å². The lowest BCUT2D eigenvalue weighted by atomic mass is 10.2. The molecule has 7 nitrogen and oxygen atoms in total.